The first-order valence-corrected chi connectivity index (χ1v) is 5.73. The highest BCUT2D eigenvalue weighted by Gasteiger charge is 2.52. The van der Waals surface area contributed by atoms with Crippen LogP contribution in [-0.2, 0) is 5.41 Å². The maximum atomic E-state index is 6.24. The number of nitrogens with zero attached hydrogens (tertiary/aromatic N) is 1. The highest BCUT2D eigenvalue weighted by Crippen LogP contribution is 2.49. The second-order valence-corrected chi connectivity index (χ2v) is 5.54. The first-order chi connectivity index (χ1) is 6.87. The number of pyridine rings is 1. The van der Waals surface area contributed by atoms with E-state index in [9.17, 15) is 0 Å². The third-order valence-corrected chi connectivity index (χ3v) is 4.24. The Balaban J connectivity index is 2.41. The number of hydrogen-bond donors (Lipinski definition) is 1. The van der Waals surface area contributed by atoms with Gasteiger partial charge in [-0.2, -0.15) is 0 Å². The van der Waals surface area contributed by atoms with Gasteiger partial charge in [0.1, 0.15) is 5.15 Å². The van der Waals surface area contributed by atoms with Crippen LogP contribution in [0.25, 0.3) is 0 Å². The fraction of sp³-hybridized carbons (Fsp3) is 0.545. The van der Waals surface area contributed by atoms with Crippen molar-refractivity contribution in [2.45, 2.75) is 37.6 Å². The summed E-state index contributed by atoms with van der Waals surface area (Å²) in [4.78, 5) is 4.06. The maximum Gasteiger partial charge on any atom is 0.147 e. The van der Waals surface area contributed by atoms with Crippen molar-refractivity contribution in [2.24, 2.45) is 5.73 Å². The monoisotopic (exact) mass is 244 g/mol. The van der Waals surface area contributed by atoms with Gasteiger partial charge in [0.15, 0.2) is 0 Å². The fourth-order valence-corrected chi connectivity index (χ4v) is 2.08. The van der Waals surface area contributed by atoms with Crippen molar-refractivity contribution in [1.29, 1.82) is 0 Å². The lowest BCUT2D eigenvalue weighted by molar-refractivity contribution is 0.390. The minimum absolute atomic E-state index is 0.103. The molecule has 0 bridgehead atoms. The molecule has 0 amide bonds. The van der Waals surface area contributed by atoms with Gasteiger partial charge in [-0.05, 0) is 24.5 Å². The molecule has 0 aliphatic heterocycles. The Hall–Kier alpha value is -0.310. The molecule has 1 aliphatic rings. The van der Waals surface area contributed by atoms with Crippen LogP contribution in [-0.4, -0.2) is 10.5 Å². The normalized spacial score (nSPS) is 19.0. The smallest absolute Gasteiger partial charge is 0.147 e. The maximum absolute atomic E-state index is 6.24. The Bertz CT molecular complexity index is 398. The lowest BCUT2D eigenvalue weighted by Gasteiger charge is -2.32. The second-order valence-electron chi connectivity index (χ2n) is 4.78. The lowest BCUT2D eigenvalue weighted by Crippen LogP contribution is -2.43. The summed E-state index contributed by atoms with van der Waals surface area (Å²) < 4.78 is 0. The highest BCUT2D eigenvalue weighted by atomic mass is 35.5. The first-order valence-electron chi connectivity index (χ1n) is 4.97. The largest absolute Gasteiger partial charge is 0.324 e. The Morgan fingerprint density at radius 2 is 2.00 bits per heavy atom. The van der Waals surface area contributed by atoms with Crippen LogP contribution in [0, 0.1) is 0 Å². The molecule has 0 unspecified atom stereocenters. The van der Waals surface area contributed by atoms with Gasteiger partial charge < -0.3 is 5.73 Å². The van der Waals surface area contributed by atoms with E-state index in [4.69, 9.17) is 28.9 Å². The van der Waals surface area contributed by atoms with Gasteiger partial charge in [-0.15, -0.1) is 0 Å². The zero-order valence-corrected chi connectivity index (χ0v) is 10.4. The summed E-state index contributed by atoms with van der Waals surface area (Å²) in [6.45, 7) is 4.25. The minimum atomic E-state index is -0.105. The molecule has 0 aromatic carbocycles. The summed E-state index contributed by atoms with van der Waals surface area (Å²) >= 11 is 11.7. The van der Waals surface area contributed by atoms with Crippen LogP contribution in [0.5, 0.6) is 0 Å². The van der Waals surface area contributed by atoms with Crippen LogP contribution < -0.4 is 5.73 Å². The standard InChI is InChI=1S/C11H14Cl2N2/c1-10(2,11(14)3-4-11)7-5-8(12)9(13)15-6-7/h5-6H,3-4,14H2,1-2H3. The Labute approximate surface area is 99.8 Å². The zero-order chi connectivity index (χ0) is 11.3. The van der Waals surface area contributed by atoms with Crippen LogP contribution in [0.3, 0.4) is 0 Å². The lowest BCUT2D eigenvalue weighted by atomic mass is 9.77. The molecule has 15 heavy (non-hydrogen) atoms. The van der Waals surface area contributed by atoms with Crippen LogP contribution >= 0.6 is 23.2 Å². The average Bonchev–Trinajstić information content (AvgIpc) is 2.90. The third-order valence-electron chi connectivity index (χ3n) is 3.55. The van der Waals surface area contributed by atoms with Crippen molar-refractivity contribution in [3.8, 4) is 0 Å². The molecule has 1 aromatic heterocycles. The molecule has 0 atom stereocenters. The topological polar surface area (TPSA) is 38.9 Å². The van der Waals surface area contributed by atoms with Gasteiger partial charge in [-0.1, -0.05) is 37.0 Å². The van der Waals surface area contributed by atoms with E-state index in [0.717, 1.165) is 18.4 Å². The van der Waals surface area contributed by atoms with Gasteiger partial charge >= 0.3 is 0 Å². The molecule has 2 nitrogen and oxygen atoms in total. The molecule has 1 aromatic rings. The van der Waals surface area contributed by atoms with E-state index in [-0.39, 0.29) is 11.0 Å². The molecule has 0 saturated heterocycles. The SMILES string of the molecule is CC(C)(c1cnc(Cl)c(Cl)c1)C1(N)CC1. The van der Waals surface area contributed by atoms with Crippen LogP contribution in [0.4, 0.5) is 0 Å². The van der Waals surface area contributed by atoms with Gasteiger partial charge in [0.2, 0.25) is 0 Å². The van der Waals surface area contributed by atoms with E-state index >= 15 is 0 Å². The third kappa shape index (κ3) is 1.75. The minimum Gasteiger partial charge on any atom is -0.324 e. The van der Waals surface area contributed by atoms with E-state index in [1.165, 1.54) is 0 Å². The van der Waals surface area contributed by atoms with E-state index in [1.54, 1.807) is 6.20 Å². The summed E-state index contributed by atoms with van der Waals surface area (Å²) in [6, 6.07) is 1.86. The van der Waals surface area contributed by atoms with E-state index in [0.29, 0.717) is 10.2 Å². The van der Waals surface area contributed by atoms with Gasteiger partial charge in [0.05, 0.1) is 5.02 Å². The van der Waals surface area contributed by atoms with Gasteiger partial charge in [0, 0.05) is 17.2 Å². The first kappa shape index (κ1) is 11.2. The molecule has 1 heterocycles. The number of nitrogens with two attached hydrogens (primary N) is 1. The summed E-state index contributed by atoms with van der Waals surface area (Å²) in [5.74, 6) is 0. The van der Waals surface area contributed by atoms with Crippen molar-refractivity contribution >= 4 is 23.2 Å². The number of aromatic nitrogens is 1. The molecule has 82 valence electrons. The zero-order valence-electron chi connectivity index (χ0n) is 8.85. The van der Waals surface area contributed by atoms with Crippen molar-refractivity contribution < 1.29 is 0 Å². The van der Waals surface area contributed by atoms with Crippen molar-refractivity contribution in [3.05, 3.63) is 28.0 Å². The highest BCUT2D eigenvalue weighted by molar-refractivity contribution is 6.41. The Morgan fingerprint density at radius 1 is 1.40 bits per heavy atom. The molecular formula is C11H14Cl2N2. The summed E-state index contributed by atoms with van der Waals surface area (Å²) in [5.41, 5.74) is 7.09. The van der Waals surface area contributed by atoms with Gasteiger partial charge in [-0.3, -0.25) is 0 Å². The molecule has 2 rings (SSSR count). The molecule has 2 N–H and O–H groups in total. The van der Waals surface area contributed by atoms with Crippen LogP contribution in [0.2, 0.25) is 10.2 Å². The molecular weight excluding hydrogens is 231 g/mol. The second kappa shape index (κ2) is 3.34. The molecule has 1 aliphatic carbocycles. The summed E-state index contributed by atoms with van der Waals surface area (Å²) in [7, 11) is 0. The molecule has 1 saturated carbocycles. The van der Waals surface area contributed by atoms with Crippen LogP contribution in [0.15, 0.2) is 12.3 Å². The van der Waals surface area contributed by atoms with Crippen molar-refractivity contribution in [2.75, 3.05) is 0 Å². The average molecular weight is 245 g/mol. The predicted octanol–water partition coefficient (Wildman–Crippen LogP) is 3.16. The Kier molecular flexibility index (Phi) is 2.49. The fourth-order valence-electron chi connectivity index (χ4n) is 1.81. The van der Waals surface area contributed by atoms with E-state index in [2.05, 4.69) is 18.8 Å². The van der Waals surface area contributed by atoms with Crippen molar-refractivity contribution in [3.63, 3.8) is 0 Å². The molecule has 0 spiro atoms. The van der Waals surface area contributed by atoms with Crippen LogP contribution in [0.1, 0.15) is 32.3 Å². The summed E-state index contributed by atoms with van der Waals surface area (Å²) in [6.07, 6.45) is 3.88. The quantitative estimate of drug-likeness (QED) is 0.813. The van der Waals surface area contributed by atoms with E-state index in [1.807, 2.05) is 6.07 Å². The number of hydrogen-bond acceptors (Lipinski definition) is 2. The Morgan fingerprint density at radius 3 is 2.47 bits per heavy atom. The molecule has 4 heteroatoms. The molecule has 0 radical (unpaired) electrons. The summed E-state index contributed by atoms with van der Waals surface area (Å²) in [5, 5.41) is 0.838. The van der Waals surface area contributed by atoms with E-state index < -0.39 is 0 Å². The molecule has 1 fully saturated rings. The number of halogens is 2. The number of rotatable bonds is 2. The predicted molar refractivity (Wildman–Crippen MR) is 63.4 cm³/mol. The van der Waals surface area contributed by atoms with Crippen molar-refractivity contribution in [1.82, 2.24) is 4.98 Å². The van der Waals surface area contributed by atoms with Gasteiger partial charge in [0.25, 0.3) is 0 Å². The van der Waals surface area contributed by atoms with Gasteiger partial charge in [-0.25, -0.2) is 4.98 Å².